The summed E-state index contributed by atoms with van der Waals surface area (Å²) in [7, 11) is 1.35. The largest absolute Gasteiger partial charge is 0.511 e. The summed E-state index contributed by atoms with van der Waals surface area (Å²) < 4.78 is 5.21. The summed E-state index contributed by atoms with van der Waals surface area (Å²) >= 11 is 0. The van der Waals surface area contributed by atoms with Gasteiger partial charge in [-0.25, -0.2) is 0 Å². The Morgan fingerprint density at radius 2 is 1.73 bits per heavy atom. The van der Waals surface area contributed by atoms with E-state index in [0.29, 0.717) is 0 Å². The second-order valence-electron chi connectivity index (χ2n) is 8.41. The number of ketones is 3. The van der Waals surface area contributed by atoms with Gasteiger partial charge in [-0.1, -0.05) is 12.1 Å². The minimum absolute atomic E-state index is 0.00495. The van der Waals surface area contributed by atoms with Gasteiger partial charge in [0.1, 0.15) is 22.9 Å². The Balaban J connectivity index is 1.98. The Morgan fingerprint density at radius 1 is 1.10 bits per heavy atom. The lowest BCUT2D eigenvalue weighted by molar-refractivity contribution is -0.142. The molecule has 8 nitrogen and oxygen atoms in total. The number of hydrogen-bond donors (Lipinski definition) is 4. The second-order valence-corrected chi connectivity index (χ2v) is 8.41. The number of fused-ring (bicyclic) bond motifs is 3. The number of ether oxygens (including phenoxy) is 1. The molecule has 4 N–H and O–H groups in total. The average molecular weight is 414 g/mol. The summed E-state index contributed by atoms with van der Waals surface area (Å²) in [5.41, 5.74) is -4.06. The fourth-order valence-corrected chi connectivity index (χ4v) is 5.02. The molecule has 0 aliphatic heterocycles. The summed E-state index contributed by atoms with van der Waals surface area (Å²) in [5.74, 6) is -5.59. The van der Waals surface area contributed by atoms with Gasteiger partial charge in [-0.2, -0.15) is 0 Å². The van der Waals surface area contributed by atoms with Crippen molar-refractivity contribution in [3.8, 4) is 5.75 Å². The van der Waals surface area contributed by atoms with Crippen molar-refractivity contribution in [3.05, 3.63) is 52.0 Å². The highest BCUT2D eigenvalue weighted by atomic mass is 16.5. The molecule has 3 aliphatic carbocycles. The number of Topliss-reactive ketones (excluding diaryl/α,β-unsaturated/α-hetero) is 3. The molecule has 3 aliphatic rings. The van der Waals surface area contributed by atoms with Crippen LogP contribution in [0.5, 0.6) is 5.75 Å². The molecule has 1 saturated carbocycles. The van der Waals surface area contributed by atoms with Crippen LogP contribution in [-0.4, -0.2) is 56.1 Å². The van der Waals surface area contributed by atoms with Crippen molar-refractivity contribution in [2.75, 3.05) is 7.11 Å². The van der Waals surface area contributed by atoms with E-state index in [0.717, 1.165) is 6.92 Å². The first-order valence-electron chi connectivity index (χ1n) is 9.52. The van der Waals surface area contributed by atoms with Crippen molar-refractivity contribution in [3.63, 3.8) is 0 Å². The van der Waals surface area contributed by atoms with Gasteiger partial charge in [0, 0.05) is 29.6 Å². The van der Waals surface area contributed by atoms with E-state index in [1.54, 1.807) is 0 Å². The van der Waals surface area contributed by atoms with Crippen LogP contribution < -0.4 is 4.74 Å². The number of aliphatic hydroxyl groups excluding tert-OH is 2. The predicted octanol–water partition coefficient (Wildman–Crippen LogP) is 1.81. The number of allylic oxidation sites excluding steroid dienone is 2. The van der Waals surface area contributed by atoms with Gasteiger partial charge in [0.25, 0.3) is 0 Å². The number of carbonyl (C=O) groups excluding carboxylic acids is 3. The highest BCUT2D eigenvalue weighted by Crippen LogP contribution is 2.53. The molecule has 0 heterocycles. The maximum atomic E-state index is 13.3. The summed E-state index contributed by atoms with van der Waals surface area (Å²) in [6, 6.07) is 4.49. The van der Waals surface area contributed by atoms with E-state index < -0.39 is 58.3 Å². The van der Waals surface area contributed by atoms with E-state index >= 15 is 0 Å². The molecule has 0 spiro atoms. The fraction of sp³-hybridized carbons (Fsp3) is 0.409. The summed E-state index contributed by atoms with van der Waals surface area (Å²) in [6.07, 6.45) is -0.815. The molecule has 0 bridgehead atoms. The molecule has 0 radical (unpaired) electrons. The van der Waals surface area contributed by atoms with Gasteiger partial charge >= 0.3 is 0 Å². The van der Waals surface area contributed by atoms with Gasteiger partial charge in [0.15, 0.2) is 17.3 Å². The summed E-state index contributed by atoms with van der Waals surface area (Å²) in [5, 5.41) is 43.8. The normalized spacial score (nSPS) is 33.1. The quantitative estimate of drug-likeness (QED) is 0.574. The SMILES string of the molecule is COc1cccc2c1C(=O)C1C(O)=C3C(=C(O)C1C2=O)CC(O)(C(C)=O)C[C@]3(C)O. The van der Waals surface area contributed by atoms with E-state index in [-0.39, 0.29) is 34.4 Å². The smallest absolute Gasteiger partial charge is 0.179 e. The van der Waals surface area contributed by atoms with Crippen LogP contribution in [0, 0.1) is 11.8 Å². The van der Waals surface area contributed by atoms with Gasteiger partial charge in [0.2, 0.25) is 0 Å². The molecule has 30 heavy (non-hydrogen) atoms. The van der Waals surface area contributed by atoms with Crippen molar-refractivity contribution in [2.45, 2.75) is 37.9 Å². The molecular formula is C22H22O8. The number of carbonyl (C=O) groups is 3. The summed E-state index contributed by atoms with van der Waals surface area (Å²) in [4.78, 5) is 38.6. The van der Waals surface area contributed by atoms with Crippen LogP contribution in [0.1, 0.15) is 47.4 Å². The van der Waals surface area contributed by atoms with Gasteiger partial charge in [-0.3, -0.25) is 14.4 Å². The maximum Gasteiger partial charge on any atom is 0.179 e. The molecule has 8 heteroatoms. The third-order valence-corrected chi connectivity index (χ3v) is 6.41. The topological polar surface area (TPSA) is 141 Å². The van der Waals surface area contributed by atoms with Crippen LogP contribution >= 0.6 is 0 Å². The molecule has 4 rings (SSSR count). The van der Waals surface area contributed by atoms with Crippen molar-refractivity contribution < 1.29 is 39.5 Å². The first kappa shape index (κ1) is 20.3. The molecule has 0 saturated heterocycles. The number of aliphatic hydroxyl groups is 4. The van der Waals surface area contributed by atoms with E-state index in [1.165, 1.54) is 32.2 Å². The van der Waals surface area contributed by atoms with Gasteiger partial charge in [0.05, 0.1) is 30.1 Å². The number of methoxy groups -OCH3 is 1. The van der Waals surface area contributed by atoms with E-state index in [2.05, 4.69) is 0 Å². The van der Waals surface area contributed by atoms with Crippen molar-refractivity contribution in [1.29, 1.82) is 0 Å². The van der Waals surface area contributed by atoms with Crippen LogP contribution in [0.25, 0.3) is 0 Å². The molecule has 1 aromatic carbocycles. The molecular weight excluding hydrogens is 392 g/mol. The lowest BCUT2D eigenvalue weighted by Crippen LogP contribution is -2.54. The van der Waals surface area contributed by atoms with E-state index in [4.69, 9.17) is 4.74 Å². The molecule has 0 amide bonds. The minimum Gasteiger partial charge on any atom is -0.511 e. The van der Waals surface area contributed by atoms with E-state index in [1.807, 2.05) is 0 Å². The highest BCUT2D eigenvalue weighted by molar-refractivity contribution is 6.19. The van der Waals surface area contributed by atoms with Gasteiger partial charge in [-0.15, -0.1) is 0 Å². The fourth-order valence-electron chi connectivity index (χ4n) is 5.02. The zero-order valence-corrected chi connectivity index (χ0v) is 16.7. The number of hydrogen-bond acceptors (Lipinski definition) is 8. The van der Waals surface area contributed by atoms with Crippen LogP contribution in [0.2, 0.25) is 0 Å². The Labute approximate surface area is 172 Å². The molecule has 1 aromatic rings. The predicted molar refractivity (Wildman–Crippen MR) is 103 cm³/mol. The van der Waals surface area contributed by atoms with Crippen LogP contribution in [0.3, 0.4) is 0 Å². The van der Waals surface area contributed by atoms with Crippen molar-refractivity contribution in [2.24, 2.45) is 11.8 Å². The van der Waals surface area contributed by atoms with Crippen molar-refractivity contribution >= 4 is 17.3 Å². The second kappa shape index (κ2) is 6.26. The molecule has 0 aromatic heterocycles. The van der Waals surface area contributed by atoms with Crippen molar-refractivity contribution in [1.82, 2.24) is 0 Å². The van der Waals surface area contributed by atoms with Crippen LogP contribution in [0.4, 0.5) is 0 Å². The maximum absolute atomic E-state index is 13.3. The monoisotopic (exact) mass is 414 g/mol. The Kier molecular flexibility index (Phi) is 4.24. The zero-order chi connectivity index (χ0) is 22.2. The Hall–Kier alpha value is -2.97. The average Bonchev–Trinajstić information content (AvgIpc) is 2.66. The molecule has 3 unspecified atom stereocenters. The van der Waals surface area contributed by atoms with Crippen LogP contribution in [0.15, 0.2) is 40.9 Å². The lowest BCUT2D eigenvalue weighted by atomic mass is 9.60. The highest BCUT2D eigenvalue weighted by Gasteiger charge is 2.58. The Morgan fingerprint density at radius 3 is 2.33 bits per heavy atom. The molecule has 4 atom stereocenters. The first-order valence-corrected chi connectivity index (χ1v) is 9.52. The zero-order valence-electron chi connectivity index (χ0n) is 16.7. The lowest BCUT2D eigenvalue weighted by Gasteiger charge is -2.46. The van der Waals surface area contributed by atoms with E-state index in [9.17, 15) is 34.8 Å². The third kappa shape index (κ3) is 2.50. The summed E-state index contributed by atoms with van der Waals surface area (Å²) in [6.45, 7) is 2.44. The molecule has 1 fully saturated rings. The first-order chi connectivity index (χ1) is 13.9. The number of rotatable bonds is 2. The minimum atomic E-state index is -1.98. The number of benzene rings is 1. The standard InChI is InChI=1S/C22H22O8/c1-9(23)22(29)7-11-16(21(2,28)8-22)20(27)15-14(18(11)25)17(24)10-5-4-6-12(30-3)13(10)19(15)26/h4-6,14-15,25,27-29H,7-8H2,1-3H3/t14?,15?,21-,22?/m0/s1. The van der Waals surface area contributed by atoms with Gasteiger partial charge < -0.3 is 25.2 Å². The van der Waals surface area contributed by atoms with Crippen LogP contribution in [-0.2, 0) is 4.79 Å². The Bertz CT molecular complexity index is 1080. The van der Waals surface area contributed by atoms with Gasteiger partial charge in [-0.05, 0) is 19.9 Å². The molecule has 158 valence electrons. The third-order valence-electron chi connectivity index (χ3n) is 6.41.